The fourth-order valence-electron chi connectivity index (χ4n) is 2.28. The quantitative estimate of drug-likeness (QED) is 0.572. The van der Waals surface area contributed by atoms with Gasteiger partial charge in [0.1, 0.15) is 4.99 Å². The molecule has 1 aromatic heterocycles. The number of nitrogens with two attached hydrogens (primary N) is 1. The molecule has 21 heavy (non-hydrogen) atoms. The normalized spacial score (nSPS) is 10.7. The van der Waals surface area contributed by atoms with Gasteiger partial charge in [-0.1, -0.05) is 36.8 Å². The van der Waals surface area contributed by atoms with Crippen LogP contribution in [0.15, 0.2) is 30.5 Å². The van der Waals surface area contributed by atoms with E-state index in [1.54, 1.807) is 6.20 Å². The van der Waals surface area contributed by atoms with Gasteiger partial charge in [-0.25, -0.2) is 0 Å². The Kier molecular flexibility index (Phi) is 6.26. The molecule has 1 aromatic carbocycles. The smallest absolute Gasteiger partial charge is 0.107 e. The van der Waals surface area contributed by atoms with Gasteiger partial charge < -0.3 is 11.1 Å². The van der Waals surface area contributed by atoms with E-state index in [4.69, 9.17) is 18.0 Å². The van der Waals surface area contributed by atoms with E-state index in [0.717, 1.165) is 35.1 Å². The third kappa shape index (κ3) is 4.32. The Morgan fingerprint density at radius 1 is 1.29 bits per heavy atom. The minimum Gasteiger partial charge on any atom is -0.389 e. The van der Waals surface area contributed by atoms with Crippen LogP contribution in [0.4, 0.5) is 5.69 Å². The molecule has 0 spiro atoms. The molecule has 0 aliphatic carbocycles. The van der Waals surface area contributed by atoms with Crippen molar-refractivity contribution in [1.82, 2.24) is 4.98 Å². The zero-order chi connectivity index (χ0) is 15.1. The summed E-state index contributed by atoms with van der Waals surface area (Å²) in [5.41, 5.74) is 8.62. The van der Waals surface area contributed by atoms with E-state index >= 15 is 0 Å². The summed E-state index contributed by atoms with van der Waals surface area (Å²) < 4.78 is 0. The number of benzene rings is 1. The van der Waals surface area contributed by atoms with E-state index in [9.17, 15) is 0 Å². The molecular weight excluding hydrogens is 298 g/mol. The number of para-hydroxylation sites is 1. The number of aromatic nitrogens is 1. The largest absolute Gasteiger partial charge is 0.389 e. The van der Waals surface area contributed by atoms with E-state index in [0.29, 0.717) is 4.99 Å². The van der Waals surface area contributed by atoms with Gasteiger partial charge in [0.15, 0.2) is 0 Å². The van der Waals surface area contributed by atoms with Crippen molar-refractivity contribution in [3.05, 3.63) is 36.0 Å². The Hall–Kier alpha value is -1.33. The molecule has 5 heteroatoms. The van der Waals surface area contributed by atoms with Crippen molar-refractivity contribution in [1.29, 1.82) is 0 Å². The number of unbranched alkanes of at least 4 members (excludes halogenated alkanes) is 2. The average molecular weight is 319 g/mol. The number of nitrogens with one attached hydrogen (secondary N) is 1. The molecular formula is C16H21N3S2. The Morgan fingerprint density at radius 2 is 2.10 bits per heavy atom. The fourth-order valence-corrected chi connectivity index (χ4v) is 2.93. The lowest BCUT2D eigenvalue weighted by molar-refractivity contribution is 0.750. The predicted octanol–water partition coefficient (Wildman–Crippen LogP) is 3.81. The number of thioether (sulfide) groups is 1. The first-order valence-electron chi connectivity index (χ1n) is 7.14. The van der Waals surface area contributed by atoms with Crippen molar-refractivity contribution in [3.63, 3.8) is 0 Å². The maximum absolute atomic E-state index is 5.82. The molecule has 2 rings (SSSR count). The SMILES string of the molecule is CSCCCCCNc1c(C(N)=S)cnc2ccccc12. The van der Waals surface area contributed by atoms with Crippen LogP contribution in [0.3, 0.4) is 0 Å². The van der Waals surface area contributed by atoms with Crippen LogP contribution in [0.25, 0.3) is 10.9 Å². The third-order valence-electron chi connectivity index (χ3n) is 3.37. The lowest BCUT2D eigenvalue weighted by Gasteiger charge is -2.14. The lowest BCUT2D eigenvalue weighted by Crippen LogP contribution is -2.14. The first kappa shape index (κ1) is 16.0. The molecule has 3 N–H and O–H groups in total. The van der Waals surface area contributed by atoms with Crippen LogP contribution in [0, 0.1) is 0 Å². The number of hydrogen-bond donors (Lipinski definition) is 2. The van der Waals surface area contributed by atoms with Gasteiger partial charge in [-0.15, -0.1) is 0 Å². The van der Waals surface area contributed by atoms with Crippen molar-refractivity contribution in [2.45, 2.75) is 19.3 Å². The highest BCUT2D eigenvalue weighted by atomic mass is 32.2. The fraction of sp³-hybridized carbons (Fsp3) is 0.375. The zero-order valence-corrected chi connectivity index (χ0v) is 13.9. The molecule has 0 amide bonds. The molecule has 0 fully saturated rings. The molecule has 0 radical (unpaired) electrons. The van der Waals surface area contributed by atoms with Crippen molar-refractivity contribution in [2.24, 2.45) is 5.73 Å². The maximum atomic E-state index is 5.82. The summed E-state index contributed by atoms with van der Waals surface area (Å²) in [6.45, 7) is 0.929. The highest BCUT2D eigenvalue weighted by molar-refractivity contribution is 7.98. The molecule has 0 aliphatic rings. The average Bonchev–Trinajstić information content (AvgIpc) is 2.50. The van der Waals surface area contributed by atoms with Crippen LogP contribution in [0.5, 0.6) is 0 Å². The molecule has 0 atom stereocenters. The summed E-state index contributed by atoms with van der Waals surface area (Å²) >= 11 is 7.05. The van der Waals surface area contributed by atoms with Gasteiger partial charge in [-0.2, -0.15) is 11.8 Å². The van der Waals surface area contributed by atoms with E-state index < -0.39 is 0 Å². The highest BCUT2D eigenvalue weighted by Crippen LogP contribution is 2.25. The van der Waals surface area contributed by atoms with Crippen LogP contribution in [0.2, 0.25) is 0 Å². The van der Waals surface area contributed by atoms with Crippen molar-refractivity contribution in [3.8, 4) is 0 Å². The number of nitrogens with zero attached hydrogens (tertiary/aromatic N) is 1. The Labute approximate surface area is 135 Å². The van der Waals surface area contributed by atoms with Gasteiger partial charge in [0.2, 0.25) is 0 Å². The van der Waals surface area contributed by atoms with Crippen molar-refractivity contribution < 1.29 is 0 Å². The molecule has 2 aromatic rings. The predicted molar refractivity (Wildman–Crippen MR) is 98.4 cm³/mol. The Morgan fingerprint density at radius 3 is 2.86 bits per heavy atom. The second-order valence-electron chi connectivity index (χ2n) is 4.91. The van der Waals surface area contributed by atoms with E-state index in [2.05, 4.69) is 22.6 Å². The number of pyridine rings is 1. The summed E-state index contributed by atoms with van der Waals surface area (Å²) in [6.07, 6.45) is 7.56. The van der Waals surface area contributed by atoms with Gasteiger partial charge in [-0.05, 0) is 30.9 Å². The monoisotopic (exact) mass is 319 g/mol. The van der Waals surface area contributed by atoms with Crippen LogP contribution in [0.1, 0.15) is 24.8 Å². The lowest BCUT2D eigenvalue weighted by atomic mass is 10.1. The van der Waals surface area contributed by atoms with Gasteiger partial charge in [0.25, 0.3) is 0 Å². The maximum Gasteiger partial charge on any atom is 0.107 e. The van der Waals surface area contributed by atoms with Crippen LogP contribution in [-0.2, 0) is 0 Å². The third-order valence-corrected chi connectivity index (χ3v) is 4.28. The zero-order valence-electron chi connectivity index (χ0n) is 12.3. The Balaban J connectivity index is 2.12. The number of hydrogen-bond acceptors (Lipinski definition) is 4. The minimum atomic E-state index is 0.387. The number of rotatable bonds is 8. The van der Waals surface area contributed by atoms with Crippen molar-refractivity contribution >= 4 is 45.6 Å². The second kappa shape index (κ2) is 8.20. The van der Waals surface area contributed by atoms with Crippen LogP contribution >= 0.6 is 24.0 Å². The van der Waals surface area contributed by atoms with Gasteiger partial charge in [0, 0.05) is 18.1 Å². The summed E-state index contributed by atoms with van der Waals surface area (Å²) in [7, 11) is 0. The van der Waals surface area contributed by atoms with E-state index in [1.807, 2.05) is 30.0 Å². The molecule has 3 nitrogen and oxygen atoms in total. The number of fused-ring (bicyclic) bond motifs is 1. The minimum absolute atomic E-state index is 0.387. The summed E-state index contributed by atoms with van der Waals surface area (Å²) in [6, 6.07) is 8.06. The topological polar surface area (TPSA) is 50.9 Å². The van der Waals surface area contributed by atoms with Gasteiger partial charge in [-0.3, -0.25) is 4.98 Å². The highest BCUT2D eigenvalue weighted by Gasteiger charge is 2.10. The molecule has 1 heterocycles. The summed E-state index contributed by atoms with van der Waals surface area (Å²) in [5, 5.41) is 4.58. The molecule has 0 aliphatic heterocycles. The standard InChI is InChI=1S/C16H21N3S2/c1-21-10-6-2-5-9-18-15-12-7-3-4-8-14(12)19-11-13(15)16(17)20/h3-4,7-8,11H,2,5-6,9-10H2,1H3,(H2,17,20)(H,18,19). The van der Waals surface area contributed by atoms with Gasteiger partial charge >= 0.3 is 0 Å². The Bertz CT molecular complexity index is 613. The molecule has 0 saturated heterocycles. The number of anilines is 1. The number of thiocarbonyl (C=S) groups is 1. The first-order chi connectivity index (χ1) is 10.2. The first-order valence-corrected chi connectivity index (χ1v) is 8.94. The van der Waals surface area contributed by atoms with Gasteiger partial charge in [0.05, 0.1) is 16.8 Å². The molecule has 0 bridgehead atoms. The van der Waals surface area contributed by atoms with E-state index in [1.165, 1.54) is 18.6 Å². The molecule has 0 unspecified atom stereocenters. The van der Waals surface area contributed by atoms with Crippen LogP contribution < -0.4 is 11.1 Å². The van der Waals surface area contributed by atoms with E-state index in [-0.39, 0.29) is 0 Å². The van der Waals surface area contributed by atoms with Crippen LogP contribution in [-0.4, -0.2) is 28.5 Å². The summed E-state index contributed by atoms with van der Waals surface area (Å²) in [5.74, 6) is 1.23. The van der Waals surface area contributed by atoms with Crippen molar-refractivity contribution in [2.75, 3.05) is 23.9 Å². The summed E-state index contributed by atoms with van der Waals surface area (Å²) in [4.78, 5) is 4.81. The molecule has 0 saturated carbocycles. The molecule has 112 valence electrons. The second-order valence-corrected chi connectivity index (χ2v) is 6.33.